The van der Waals surface area contributed by atoms with Crippen molar-refractivity contribution >= 4 is 15.9 Å². The molecule has 0 bridgehead atoms. The second-order valence-electron chi connectivity index (χ2n) is 2.24. The Morgan fingerprint density at radius 3 is 2.70 bits per heavy atom. The molecule has 0 radical (unpaired) electrons. The van der Waals surface area contributed by atoms with Gasteiger partial charge in [-0.1, -0.05) is 0 Å². The highest BCUT2D eigenvalue weighted by molar-refractivity contribution is 9.10. The Labute approximate surface area is 69.4 Å². The zero-order valence-corrected chi connectivity index (χ0v) is 7.77. The summed E-state index contributed by atoms with van der Waals surface area (Å²) in [5.41, 5.74) is 1.29. The second-order valence-corrected chi connectivity index (χ2v) is 3.05. The van der Waals surface area contributed by atoms with Gasteiger partial charge >= 0.3 is 0 Å². The highest BCUT2D eigenvalue weighted by Gasteiger charge is 1.98. The van der Waals surface area contributed by atoms with Crippen LogP contribution in [0.2, 0.25) is 0 Å². The van der Waals surface area contributed by atoms with E-state index in [0.717, 1.165) is 11.1 Å². The topological polar surface area (TPSA) is 17.0 Å². The predicted octanol–water partition coefficient (Wildman–Crippen LogP) is 1.51. The lowest BCUT2D eigenvalue weighted by atomic mass is 10.4. The molecule has 0 aliphatic rings. The van der Waals surface area contributed by atoms with Crippen LogP contribution >= 0.6 is 15.9 Å². The molecule has 1 aromatic rings. The third kappa shape index (κ3) is 1.41. The quantitative estimate of drug-likeness (QED) is 0.770. The number of hydrogen-bond acceptors (Lipinski definition) is 1. The zero-order chi connectivity index (χ0) is 7.56. The molecule has 0 aliphatic heterocycles. The summed E-state index contributed by atoms with van der Waals surface area (Å²) < 4.78 is 3.23. The zero-order valence-electron chi connectivity index (χ0n) is 6.19. The minimum atomic E-state index is 0.919. The molecular weight excluding hydrogens is 192 g/mol. The first kappa shape index (κ1) is 7.82. The maximum Gasteiger partial charge on any atom is 0.0846 e. The number of rotatable bonds is 2. The lowest BCUT2D eigenvalue weighted by Gasteiger charge is -2.01. The fourth-order valence-electron chi connectivity index (χ4n) is 0.884. The molecule has 0 aliphatic carbocycles. The standard InChI is InChI=1S/C7H11BrN2/c1-9-5-6-3-4-7(8)10(6)2/h3-4,9H,5H2,1-2H3. The van der Waals surface area contributed by atoms with Crippen LogP contribution in [0.15, 0.2) is 16.7 Å². The molecule has 1 heterocycles. The molecule has 1 N–H and O–H groups in total. The lowest BCUT2D eigenvalue weighted by molar-refractivity contribution is 0.727. The van der Waals surface area contributed by atoms with E-state index in [1.165, 1.54) is 5.69 Å². The molecule has 1 rings (SSSR count). The van der Waals surface area contributed by atoms with E-state index in [-0.39, 0.29) is 0 Å². The highest BCUT2D eigenvalue weighted by Crippen LogP contribution is 2.12. The van der Waals surface area contributed by atoms with Gasteiger partial charge in [-0.25, -0.2) is 0 Å². The fraction of sp³-hybridized carbons (Fsp3) is 0.429. The molecule has 2 nitrogen and oxygen atoms in total. The Hall–Kier alpha value is -0.280. The van der Waals surface area contributed by atoms with E-state index in [0.29, 0.717) is 0 Å². The molecule has 0 saturated heterocycles. The van der Waals surface area contributed by atoms with Crippen molar-refractivity contribution in [3.8, 4) is 0 Å². The van der Waals surface area contributed by atoms with Gasteiger partial charge in [0.2, 0.25) is 0 Å². The summed E-state index contributed by atoms with van der Waals surface area (Å²) in [7, 11) is 3.98. The van der Waals surface area contributed by atoms with Crippen LogP contribution in [0.3, 0.4) is 0 Å². The number of hydrogen-bond donors (Lipinski definition) is 1. The third-order valence-corrected chi connectivity index (χ3v) is 2.32. The summed E-state index contributed by atoms with van der Waals surface area (Å²) in [4.78, 5) is 0. The Morgan fingerprint density at radius 2 is 2.30 bits per heavy atom. The van der Waals surface area contributed by atoms with Crippen molar-refractivity contribution in [2.24, 2.45) is 7.05 Å². The van der Waals surface area contributed by atoms with Crippen LogP contribution in [-0.2, 0) is 13.6 Å². The third-order valence-electron chi connectivity index (χ3n) is 1.52. The van der Waals surface area contributed by atoms with E-state index in [1.54, 1.807) is 0 Å². The normalized spacial score (nSPS) is 10.3. The van der Waals surface area contributed by atoms with Crippen LogP contribution in [0, 0.1) is 0 Å². The van der Waals surface area contributed by atoms with Crippen LogP contribution in [0.1, 0.15) is 5.69 Å². The summed E-state index contributed by atoms with van der Waals surface area (Å²) in [6, 6.07) is 4.15. The van der Waals surface area contributed by atoms with Gasteiger partial charge in [-0.15, -0.1) is 0 Å². The van der Waals surface area contributed by atoms with Crippen molar-refractivity contribution in [2.45, 2.75) is 6.54 Å². The Balaban J connectivity index is 2.83. The SMILES string of the molecule is CNCc1ccc(Br)n1C. The maximum atomic E-state index is 3.42. The van der Waals surface area contributed by atoms with Gasteiger partial charge in [0.15, 0.2) is 0 Å². The molecule has 56 valence electrons. The number of halogens is 1. The van der Waals surface area contributed by atoms with Gasteiger partial charge in [-0.3, -0.25) is 0 Å². The smallest absolute Gasteiger partial charge is 0.0846 e. The van der Waals surface area contributed by atoms with Gasteiger partial charge < -0.3 is 9.88 Å². The van der Waals surface area contributed by atoms with Crippen molar-refractivity contribution < 1.29 is 0 Å². The monoisotopic (exact) mass is 202 g/mol. The summed E-state index contributed by atoms with van der Waals surface area (Å²) in [6.45, 7) is 0.919. The molecule has 0 atom stereocenters. The molecule has 0 amide bonds. The molecule has 0 saturated carbocycles. The van der Waals surface area contributed by atoms with Crippen LogP contribution in [0.4, 0.5) is 0 Å². The number of nitrogens with one attached hydrogen (secondary N) is 1. The van der Waals surface area contributed by atoms with Crippen molar-refractivity contribution in [3.63, 3.8) is 0 Å². The number of aromatic nitrogens is 1. The summed E-state index contributed by atoms with van der Waals surface area (Å²) >= 11 is 3.42. The second kappa shape index (κ2) is 3.21. The van der Waals surface area contributed by atoms with Crippen LogP contribution in [0.5, 0.6) is 0 Å². The molecule has 3 heteroatoms. The van der Waals surface area contributed by atoms with Gasteiger partial charge in [-0.05, 0) is 35.1 Å². The van der Waals surface area contributed by atoms with Crippen LogP contribution in [0.25, 0.3) is 0 Å². The van der Waals surface area contributed by atoms with E-state index in [2.05, 4.69) is 31.9 Å². The first-order valence-electron chi connectivity index (χ1n) is 3.20. The molecule has 0 fully saturated rings. The van der Waals surface area contributed by atoms with Gasteiger partial charge in [0.25, 0.3) is 0 Å². The molecule has 0 aromatic carbocycles. The minimum absolute atomic E-state index is 0.919. The van der Waals surface area contributed by atoms with E-state index < -0.39 is 0 Å². The summed E-state index contributed by atoms with van der Waals surface area (Å²) in [6.07, 6.45) is 0. The minimum Gasteiger partial charge on any atom is -0.341 e. The van der Waals surface area contributed by atoms with Crippen molar-refractivity contribution in [2.75, 3.05) is 7.05 Å². The average Bonchev–Trinajstić information content (AvgIpc) is 2.20. The molecule has 0 spiro atoms. The van der Waals surface area contributed by atoms with Crippen molar-refractivity contribution in [1.29, 1.82) is 0 Å². The average molecular weight is 203 g/mol. The fourth-order valence-corrected chi connectivity index (χ4v) is 1.24. The molecular formula is C7H11BrN2. The molecule has 10 heavy (non-hydrogen) atoms. The largest absolute Gasteiger partial charge is 0.341 e. The summed E-state index contributed by atoms with van der Waals surface area (Å²) in [5.74, 6) is 0. The first-order valence-corrected chi connectivity index (χ1v) is 3.99. The van der Waals surface area contributed by atoms with Crippen LogP contribution < -0.4 is 5.32 Å². The van der Waals surface area contributed by atoms with Crippen molar-refractivity contribution in [1.82, 2.24) is 9.88 Å². The van der Waals surface area contributed by atoms with Crippen molar-refractivity contribution in [3.05, 3.63) is 22.4 Å². The Bertz CT molecular complexity index is 217. The highest BCUT2D eigenvalue weighted by atomic mass is 79.9. The molecule has 0 unspecified atom stereocenters. The predicted molar refractivity (Wildman–Crippen MR) is 45.9 cm³/mol. The maximum absolute atomic E-state index is 3.42. The van der Waals surface area contributed by atoms with E-state index >= 15 is 0 Å². The lowest BCUT2D eigenvalue weighted by Crippen LogP contribution is -2.08. The molecule has 1 aromatic heterocycles. The van der Waals surface area contributed by atoms with Crippen LogP contribution in [-0.4, -0.2) is 11.6 Å². The van der Waals surface area contributed by atoms with Gasteiger partial charge in [-0.2, -0.15) is 0 Å². The van der Waals surface area contributed by atoms with E-state index in [9.17, 15) is 0 Å². The van der Waals surface area contributed by atoms with E-state index in [4.69, 9.17) is 0 Å². The van der Waals surface area contributed by atoms with E-state index in [1.807, 2.05) is 20.2 Å². The Kier molecular flexibility index (Phi) is 2.51. The summed E-state index contributed by atoms with van der Waals surface area (Å²) in [5, 5.41) is 3.10. The number of nitrogens with zero attached hydrogens (tertiary/aromatic N) is 1. The van der Waals surface area contributed by atoms with Gasteiger partial charge in [0.1, 0.15) is 0 Å². The van der Waals surface area contributed by atoms with Gasteiger partial charge in [0.05, 0.1) is 4.60 Å². The first-order chi connectivity index (χ1) is 4.75. The Morgan fingerprint density at radius 1 is 1.60 bits per heavy atom. The van der Waals surface area contributed by atoms with Gasteiger partial charge in [0, 0.05) is 19.3 Å².